The molecule has 0 aliphatic carbocycles. The van der Waals surface area contributed by atoms with Crippen molar-refractivity contribution < 1.29 is 9.84 Å². The van der Waals surface area contributed by atoms with Gasteiger partial charge in [-0.25, -0.2) is 4.79 Å². The van der Waals surface area contributed by atoms with Crippen molar-refractivity contribution in [1.82, 2.24) is 9.55 Å². The number of aliphatic hydroxyl groups excluding tert-OH is 1. The number of rotatable bonds is 2. The number of aromatic nitrogens is 2. The SMILES string of the molecule is C[C@@H](O)C1CC[C@H](n2ccc(=O)[nH]c2=O)O1. The minimum absolute atomic E-state index is 0.246. The van der Waals surface area contributed by atoms with Crippen LogP contribution < -0.4 is 11.2 Å². The molecular formula is C10H14N2O4. The number of aromatic amines is 1. The molecule has 0 radical (unpaired) electrons. The largest absolute Gasteiger partial charge is 0.391 e. The van der Waals surface area contributed by atoms with E-state index in [1.165, 1.54) is 16.8 Å². The Morgan fingerprint density at radius 3 is 2.88 bits per heavy atom. The summed E-state index contributed by atoms with van der Waals surface area (Å²) in [5.74, 6) is 0. The molecule has 1 aromatic heterocycles. The summed E-state index contributed by atoms with van der Waals surface area (Å²) in [5, 5.41) is 9.36. The van der Waals surface area contributed by atoms with Crippen molar-refractivity contribution in [3.8, 4) is 0 Å². The lowest BCUT2D eigenvalue weighted by Crippen LogP contribution is -2.32. The lowest BCUT2D eigenvalue weighted by atomic mass is 10.1. The molecule has 6 heteroatoms. The Labute approximate surface area is 91.5 Å². The van der Waals surface area contributed by atoms with E-state index in [0.29, 0.717) is 12.8 Å². The van der Waals surface area contributed by atoms with Gasteiger partial charge in [0.2, 0.25) is 0 Å². The monoisotopic (exact) mass is 226 g/mol. The van der Waals surface area contributed by atoms with Crippen molar-refractivity contribution >= 4 is 0 Å². The second-order valence-electron chi connectivity index (χ2n) is 3.96. The zero-order valence-corrected chi connectivity index (χ0v) is 8.92. The molecule has 0 spiro atoms. The van der Waals surface area contributed by atoms with E-state index < -0.39 is 23.6 Å². The molecule has 2 heterocycles. The molecule has 1 aromatic rings. The van der Waals surface area contributed by atoms with Crippen LogP contribution in [0.25, 0.3) is 0 Å². The number of aliphatic hydroxyl groups is 1. The van der Waals surface area contributed by atoms with Crippen LogP contribution in [0.15, 0.2) is 21.9 Å². The molecular weight excluding hydrogens is 212 g/mol. The van der Waals surface area contributed by atoms with E-state index in [9.17, 15) is 14.7 Å². The fraction of sp³-hybridized carbons (Fsp3) is 0.600. The first kappa shape index (κ1) is 11.1. The average Bonchev–Trinajstić information content (AvgIpc) is 2.66. The van der Waals surface area contributed by atoms with Crippen molar-refractivity contribution in [2.24, 2.45) is 0 Å². The first-order valence-corrected chi connectivity index (χ1v) is 5.23. The lowest BCUT2D eigenvalue weighted by Gasteiger charge is -2.16. The predicted molar refractivity (Wildman–Crippen MR) is 56.1 cm³/mol. The third-order valence-electron chi connectivity index (χ3n) is 2.73. The maximum atomic E-state index is 11.5. The fourth-order valence-corrected chi connectivity index (χ4v) is 1.86. The van der Waals surface area contributed by atoms with Crippen LogP contribution in [-0.4, -0.2) is 26.9 Å². The number of H-pyrrole nitrogens is 1. The molecule has 1 unspecified atom stereocenters. The summed E-state index contributed by atoms with van der Waals surface area (Å²) >= 11 is 0. The summed E-state index contributed by atoms with van der Waals surface area (Å²) in [5.41, 5.74) is -0.907. The predicted octanol–water partition coefficient (Wildman–Crippen LogP) is -0.405. The molecule has 1 saturated heterocycles. The molecule has 1 aliphatic heterocycles. The highest BCUT2D eigenvalue weighted by molar-refractivity contribution is 4.86. The number of nitrogens with zero attached hydrogens (tertiary/aromatic N) is 1. The third-order valence-corrected chi connectivity index (χ3v) is 2.73. The van der Waals surface area contributed by atoms with Crippen molar-refractivity contribution in [3.05, 3.63) is 33.1 Å². The number of ether oxygens (including phenoxy) is 1. The van der Waals surface area contributed by atoms with Gasteiger partial charge in [0.1, 0.15) is 6.23 Å². The second-order valence-corrected chi connectivity index (χ2v) is 3.96. The first-order chi connectivity index (χ1) is 7.58. The van der Waals surface area contributed by atoms with Crippen molar-refractivity contribution in [3.63, 3.8) is 0 Å². The molecule has 3 atom stereocenters. The Bertz CT molecular complexity index is 476. The molecule has 0 saturated carbocycles. The summed E-state index contributed by atoms with van der Waals surface area (Å²) < 4.78 is 6.86. The van der Waals surface area contributed by atoms with Gasteiger partial charge in [-0.3, -0.25) is 14.3 Å². The van der Waals surface area contributed by atoms with Crippen LogP contribution in [0.3, 0.4) is 0 Å². The molecule has 6 nitrogen and oxygen atoms in total. The molecule has 0 aromatic carbocycles. The van der Waals surface area contributed by atoms with E-state index in [2.05, 4.69) is 4.98 Å². The maximum Gasteiger partial charge on any atom is 0.330 e. The Morgan fingerprint density at radius 2 is 2.31 bits per heavy atom. The van der Waals surface area contributed by atoms with Gasteiger partial charge in [0.25, 0.3) is 5.56 Å². The van der Waals surface area contributed by atoms with Gasteiger partial charge in [0, 0.05) is 12.3 Å². The number of nitrogens with one attached hydrogen (secondary N) is 1. The van der Waals surface area contributed by atoms with Crippen LogP contribution in [-0.2, 0) is 4.74 Å². The molecule has 2 rings (SSSR count). The van der Waals surface area contributed by atoms with E-state index in [0.717, 1.165) is 0 Å². The van der Waals surface area contributed by atoms with E-state index in [1.54, 1.807) is 6.92 Å². The maximum absolute atomic E-state index is 11.5. The number of hydrogen-bond donors (Lipinski definition) is 2. The minimum atomic E-state index is -0.552. The summed E-state index contributed by atoms with van der Waals surface area (Å²) in [4.78, 5) is 24.5. The fourth-order valence-electron chi connectivity index (χ4n) is 1.86. The van der Waals surface area contributed by atoms with Gasteiger partial charge in [-0.1, -0.05) is 0 Å². The van der Waals surface area contributed by atoms with Gasteiger partial charge in [-0.05, 0) is 19.8 Å². The summed E-state index contributed by atoms with van der Waals surface area (Å²) in [6, 6.07) is 1.28. The zero-order chi connectivity index (χ0) is 11.7. The Hall–Kier alpha value is -1.40. The van der Waals surface area contributed by atoms with Crippen molar-refractivity contribution in [2.45, 2.75) is 38.2 Å². The van der Waals surface area contributed by atoms with Crippen molar-refractivity contribution in [2.75, 3.05) is 0 Å². The van der Waals surface area contributed by atoms with Crippen LogP contribution in [0.2, 0.25) is 0 Å². The normalized spacial score (nSPS) is 26.9. The Balaban J connectivity index is 2.21. The molecule has 1 fully saturated rings. The van der Waals surface area contributed by atoms with Crippen LogP contribution >= 0.6 is 0 Å². The summed E-state index contributed by atoms with van der Waals surface area (Å²) in [6.07, 6.45) is 1.57. The van der Waals surface area contributed by atoms with Crippen LogP contribution in [0, 0.1) is 0 Å². The quantitative estimate of drug-likeness (QED) is 0.718. The number of hydrogen-bond acceptors (Lipinski definition) is 4. The van der Waals surface area contributed by atoms with Crippen LogP contribution in [0.4, 0.5) is 0 Å². The average molecular weight is 226 g/mol. The van der Waals surface area contributed by atoms with Gasteiger partial charge in [0.05, 0.1) is 12.2 Å². The van der Waals surface area contributed by atoms with E-state index >= 15 is 0 Å². The molecule has 0 bridgehead atoms. The molecule has 1 aliphatic rings. The highest BCUT2D eigenvalue weighted by Gasteiger charge is 2.29. The van der Waals surface area contributed by atoms with Crippen LogP contribution in [0.1, 0.15) is 26.0 Å². The highest BCUT2D eigenvalue weighted by atomic mass is 16.5. The standard InChI is InChI=1S/C10H14N2O4/c1-6(13)7-2-3-9(16-7)12-5-4-8(14)11-10(12)15/h4-7,9,13H,2-3H2,1H3,(H,11,14,15)/t6-,7?,9-/m1/s1. The minimum Gasteiger partial charge on any atom is -0.391 e. The lowest BCUT2D eigenvalue weighted by molar-refractivity contribution is -0.0545. The van der Waals surface area contributed by atoms with Gasteiger partial charge >= 0.3 is 5.69 Å². The van der Waals surface area contributed by atoms with Crippen LogP contribution in [0.5, 0.6) is 0 Å². The Kier molecular flexibility index (Phi) is 2.93. The zero-order valence-electron chi connectivity index (χ0n) is 8.92. The van der Waals surface area contributed by atoms with Gasteiger partial charge in [0.15, 0.2) is 0 Å². The topological polar surface area (TPSA) is 84.3 Å². The Morgan fingerprint density at radius 1 is 1.56 bits per heavy atom. The van der Waals surface area contributed by atoms with E-state index in [1.807, 2.05) is 0 Å². The highest BCUT2D eigenvalue weighted by Crippen LogP contribution is 2.28. The van der Waals surface area contributed by atoms with E-state index in [4.69, 9.17) is 4.74 Å². The molecule has 2 N–H and O–H groups in total. The van der Waals surface area contributed by atoms with Gasteiger partial charge < -0.3 is 9.84 Å². The smallest absolute Gasteiger partial charge is 0.330 e. The van der Waals surface area contributed by atoms with Gasteiger partial charge in [-0.15, -0.1) is 0 Å². The summed E-state index contributed by atoms with van der Waals surface area (Å²) in [7, 11) is 0. The summed E-state index contributed by atoms with van der Waals surface area (Å²) in [6.45, 7) is 1.66. The third kappa shape index (κ3) is 2.07. The van der Waals surface area contributed by atoms with Crippen molar-refractivity contribution in [1.29, 1.82) is 0 Å². The first-order valence-electron chi connectivity index (χ1n) is 5.23. The molecule has 16 heavy (non-hydrogen) atoms. The molecule has 88 valence electrons. The molecule has 0 amide bonds. The van der Waals surface area contributed by atoms with E-state index in [-0.39, 0.29) is 6.10 Å². The van der Waals surface area contributed by atoms with Gasteiger partial charge in [-0.2, -0.15) is 0 Å². The second kappa shape index (κ2) is 4.23.